The maximum absolute atomic E-state index is 12.8. The molecule has 1 aromatic rings. The summed E-state index contributed by atoms with van der Waals surface area (Å²) in [7, 11) is 0. The fraction of sp³-hybridized carbons (Fsp3) is 0.333. The molecule has 0 aliphatic carbocycles. The molecule has 0 heterocycles. The molecule has 0 unspecified atom stereocenters. The van der Waals surface area contributed by atoms with Crippen molar-refractivity contribution < 1.29 is 18.3 Å². The second-order valence-electron chi connectivity index (χ2n) is 3.36. The van der Waals surface area contributed by atoms with Crippen LogP contribution in [0.2, 0.25) is 0 Å². The molecule has 0 aliphatic rings. The highest BCUT2D eigenvalue weighted by molar-refractivity contribution is 6.17. The monoisotopic (exact) mass is 273 g/mol. The van der Waals surface area contributed by atoms with Crippen LogP contribution >= 0.6 is 11.6 Å². The number of ether oxygens (including phenoxy) is 1. The number of hydrogen-bond acceptors (Lipinski definition) is 3. The molecular weight excluding hydrogens is 264 g/mol. The summed E-state index contributed by atoms with van der Waals surface area (Å²) in [6, 6.07) is 3.98. The van der Waals surface area contributed by atoms with Gasteiger partial charge in [-0.2, -0.15) is 5.26 Å². The molecule has 0 atom stereocenters. The molecule has 6 heteroatoms. The zero-order valence-corrected chi connectivity index (χ0v) is 10.3. The predicted octanol–water partition coefficient (Wildman–Crippen LogP) is 3.41. The number of esters is 1. The standard InChI is InChI=1S/C12H10ClF2NO2/c1-2-18-12(17)7-3-8(6-16)10(5-13)9(4-7)11(14)15/h3-4,11H,2,5H2,1H3. The van der Waals surface area contributed by atoms with E-state index in [1.807, 2.05) is 0 Å². The Hall–Kier alpha value is -1.67. The van der Waals surface area contributed by atoms with Gasteiger partial charge in [0.05, 0.1) is 23.8 Å². The zero-order valence-electron chi connectivity index (χ0n) is 9.54. The van der Waals surface area contributed by atoms with Gasteiger partial charge < -0.3 is 4.74 Å². The molecule has 0 spiro atoms. The van der Waals surface area contributed by atoms with Gasteiger partial charge in [0.2, 0.25) is 0 Å². The first-order valence-corrected chi connectivity index (χ1v) is 5.66. The first-order valence-electron chi connectivity index (χ1n) is 5.13. The molecular formula is C12H10ClF2NO2. The van der Waals surface area contributed by atoms with E-state index in [-0.39, 0.29) is 29.2 Å². The summed E-state index contributed by atoms with van der Waals surface area (Å²) >= 11 is 5.55. The van der Waals surface area contributed by atoms with Gasteiger partial charge in [0.1, 0.15) is 0 Å². The summed E-state index contributed by atoms with van der Waals surface area (Å²) < 4.78 is 30.4. The molecule has 0 saturated carbocycles. The third-order valence-corrected chi connectivity index (χ3v) is 2.55. The molecule has 0 amide bonds. The maximum atomic E-state index is 12.8. The van der Waals surface area contributed by atoms with Crippen molar-refractivity contribution in [2.24, 2.45) is 0 Å². The lowest BCUT2D eigenvalue weighted by molar-refractivity contribution is 0.0526. The lowest BCUT2D eigenvalue weighted by atomic mass is 9.99. The molecule has 96 valence electrons. The van der Waals surface area contributed by atoms with Crippen LogP contribution in [0.25, 0.3) is 0 Å². The van der Waals surface area contributed by atoms with E-state index in [2.05, 4.69) is 0 Å². The van der Waals surface area contributed by atoms with Crippen LogP contribution in [0.15, 0.2) is 12.1 Å². The first-order chi connectivity index (χ1) is 8.54. The van der Waals surface area contributed by atoms with Crippen molar-refractivity contribution in [3.63, 3.8) is 0 Å². The summed E-state index contributed by atoms with van der Waals surface area (Å²) in [5.74, 6) is -0.955. The number of alkyl halides is 3. The smallest absolute Gasteiger partial charge is 0.338 e. The molecule has 0 bridgehead atoms. The fourth-order valence-electron chi connectivity index (χ4n) is 1.47. The van der Waals surface area contributed by atoms with Crippen molar-refractivity contribution >= 4 is 17.6 Å². The minimum atomic E-state index is -2.81. The number of hydrogen-bond donors (Lipinski definition) is 0. The summed E-state index contributed by atoms with van der Waals surface area (Å²) in [6.07, 6.45) is -2.81. The quantitative estimate of drug-likeness (QED) is 0.624. The van der Waals surface area contributed by atoms with Gasteiger partial charge in [0.15, 0.2) is 0 Å². The highest BCUT2D eigenvalue weighted by atomic mass is 35.5. The number of carbonyl (C=O) groups excluding carboxylic acids is 1. The first kappa shape index (κ1) is 14.4. The van der Waals surface area contributed by atoms with Gasteiger partial charge in [-0.1, -0.05) is 0 Å². The van der Waals surface area contributed by atoms with Gasteiger partial charge in [-0.25, -0.2) is 13.6 Å². The Kier molecular flexibility index (Phi) is 5.05. The second-order valence-corrected chi connectivity index (χ2v) is 3.63. The Balaban J connectivity index is 3.37. The summed E-state index contributed by atoms with van der Waals surface area (Å²) in [5, 5.41) is 8.89. The summed E-state index contributed by atoms with van der Waals surface area (Å²) in [6.45, 7) is 1.73. The summed E-state index contributed by atoms with van der Waals surface area (Å²) in [4.78, 5) is 11.5. The van der Waals surface area contributed by atoms with Crippen LogP contribution in [0.4, 0.5) is 8.78 Å². The van der Waals surface area contributed by atoms with Gasteiger partial charge in [-0.15, -0.1) is 11.6 Å². The van der Waals surface area contributed by atoms with E-state index in [1.165, 1.54) is 6.07 Å². The molecule has 0 aliphatic heterocycles. The lowest BCUT2D eigenvalue weighted by Gasteiger charge is -2.11. The van der Waals surface area contributed by atoms with E-state index in [1.54, 1.807) is 13.0 Å². The Morgan fingerprint density at radius 1 is 1.56 bits per heavy atom. The predicted molar refractivity (Wildman–Crippen MR) is 61.6 cm³/mol. The SMILES string of the molecule is CCOC(=O)c1cc(C#N)c(CCl)c(C(F)F)c1. The molecule has 3 nitrogen and oxygen atoms in total. The van der Waals surface area contributed by atoms with E-state index < -0.39 is 18.0 Å². The van der Waals surface area contributed by atoms with Gasteiger partial charge in [-0.05, 0) is 24.6 Å². The van der Waals surface area contributed by atoms with Crippen LogP contribution in [-0.2, 0) is 10.6 Å². The number of rotatable bonds is 4. The Bertz CT molecular complexity index is 498. The summed E-state index contributed by atoms with van der Waals surface area (Å²) in [5.41, 5.74) is -0.474. The van der Waals surface area contributed by atoms with Gasteiger partial charge in [0, 0.05) is 11.4 Å². The molecule has 0 N–H and O–H groups in total. The average Bonchev–Trinajstić information content (AvgIpc) is 2.37. The van der Waals surface area contributed by atoms with Gasteiger partial charge in [0.25, 0.3) is 6.43 Å². The van der Waals surface area contributed by atoms with Crippen molar-refractivity contribution in [2.45, 2.75) is 19.2 Å². The molecule has 1 rings (SSSR count). The van der Waals surface area contributed by atoms with Crippen LogP contribution in [0.5, 0.6) is 0 Å². The van der Waals surface area contributed by atoms with Crippen molar-refractivity contribution in [3.8, 4) is 6.07 Å². The average molecular weight is 274 g/mol. The van der Waals surface area contributed by atoms with Crippen molar-refractivity contribution in [1.29, 1.82) is 5.26 Å². The Morgan fingerprint density at radius 3 is 2.67 bits per heavy atom. The molecule has 0 saturated heterocycles. The topological polar surface area (TPSA) is 50.1 Å². The van der Waals surface area contributed by atoms with Crippen LogP contribution < -0.4 is 0 Å². The van der Waals surface area contributed by atoms with Crippen LogP contribution in [0.1, 0.15) is 40.4 Å². The van der Waals surface area contributed by atoms with Crippen molar-refractivity contribution in [2.75, 3.05) is 6.61 Å². The second kappa shape index (κ2) is 6.31. The Morgan fingerprint density at radius 2 is 2.22 bits per heavy atom. The highest BCUT2D eigenvalue weighted by Crippen LogP contribution is 2.28. The van der Waals surface area contributed by atoms with E-state index in [9.17, 15) is 13.6 Å². The molecule has 0 fully saturated rings. The third kappa shape index (κ3) is 2.96. The van der Waals surface area contributed by atoms with E-state index in [0.717, 1.165) is 6.07 Å². The van der Waals surface area contributed by atoms with Crippen molar-refractivity contribution in [1.82, 2.24) is 0 Å². The van der Waals surface area contributed by atoms with Gasteiger partial charge >= 0.3 is 5.97 Å². The number of benzene rings is 1. The Labute approximate surface area is 108 Å². The van der Waals surface area contributed by atoms with Crippen LogP contribution in [-0.4, -0.2) is 12.6 Å². The van der Waals surface area contributed by atoms with E-state index in [0.29, 0.717) is 0 Å². The van der Waals surface area contributed by atoms with Crippen LogP contribution in [0.3, 0.4) is 0 Å². The molecule has 0 radical (unpaired) electrons. The van der Waals surface area contributed by atoms with Crippen LogP contribution in [0, 0.1) is 11.3 Å². The number of halogens is 3. The highest BCUT2D eigenvalue weighted by Gasteiger charge is 2.20. The van der Waals surface area contributed by atoms with Gasteiger partial charge in [-0.3, -0.25) is 0 Å². The molecule has 0 aromatic heterocycles. The minimum Gasteiger partial charge on any atom is -0.462 e. The largest absolute Gasteiger partial charge is 0.462 e. The number of carbonyl (C=O) groups is 1. The van der Waals surface area contributed by atoms with E-state index >= 15 is 0 Å². The third-order valence-electron chi connectivity index (χ3n) is 2.28. The lowest BCUT2D eigenvalue weighted by Crippen LogP contribution is -2.08. The van der Waals surface area contributed by atoms with Crippen molar-refractivity contribution in [3.05, 3.63) is 34.4 Å². The fourth-order valence-corrected chi connectivity index (χ4v) is 1.77. The number of nitrogens with zero attached hydrogens (tertiary/aromatic N) is 1. The van der Waals surface area contributed by atoms with E-state index in [4.69, 9.17) is 21.6 Å². The number of nitriles is 1. The molecule has 18 heavy (non-hydrogen) atoms. The maximum Gasteiger partial charge on any atom is 0.338 e. The minimum absolute atomic E-state index is 0.0362. The molecule has 1 aromatic carbocycles. The normalized spacial score (nSPS) is 10.2. The zero-order chi connectivity index (χ0) is 13.7.